The van der Waals surface area contributed by atoms with Crippen molar-refractivity contribution >= 4 is 19.5 Å². The summed E-state index contributed by atoms with van der Waals surface area (Å²) in [5.74, 6) is -1.23. The van der Waals surface area contributed by atoms with Crippen molar-refractivity contribution in [2.24, 2.45) is 0 Å². The van der Waals surface area contributed by atoms with E-state index in [2.05, 4.69) is 0 Å². The molecule has 30 heavy (non-hydrogen) atoms. The number of carbonyl (C=O) groups is 2. The Balaban J connectivity index is 5.17. The number of hydrogen-bond acceptors (Lipinski definition) is 7. The first-order chi connectivity index (χ1) is 14.2. The third-order valence-electron chi connectivity index (χ3n) is 4.17. The molecule has 0 aliphatic carbocycles. The summed E-state index contributed by atoms with van der Waals surface area (Å²) in [6, 6.07) is 0. The maximum absolute atomic E-state index is 14.8. The van der Waals surface area contributed by atoms with E-state index in [9.17, 15) is 22.9 Å². The number of unbranched alkanes of at least 4 members (excludes halogenated alkanes) is 4. The summed E-state index contributed by atoms with van der Waals surface area (Å²) in [5, 5.41) is 0. The van der Waals surface area contributed by atoms with E-state index in [0.717, 1.165) is 25.7 Å². The zero-order chi connectivity index (χ0) is 23.0. The highest BCUT2D eigenvalue weighted by Gasteiger charge is 2.55. The van der Waals surface area contributed by atoms with E-state index in [-0.39, 0.29) is 26.1 Å². The van der Waals surface area contributed by atoms with Crippen LogP contribution in [-0.4, -0.2) is 43.5 Å². The fourth-order valence-electron chi connectivity index (χ4n) is 2.63. The third kappa shape index (κ3) is 11.4. The molecule has 0 bridgehead atoms. The Kier molecular flexibility index (Phi) is 15.2. The first-order valence-electron chi connectivity index (χ1n) is 10.8. The van der Waals surface area contributed by atoms with Crippen LogP contribution in [0.3, 0.4) is 0 Å². The largest absolute Gasteiger partial charge is 0.462 e. The lowest BCUT2D eigenvalue weighted by atomic mass is 10.2. The molecule has 0 heterocycles. The highest BCUT2D eigenvalue weighted by Crippen LogP contribution is 2.63. The average Bonchev–Trinajstić information content (AvgIpc) is 2.66. The number of halogens is 2. The molecule has 7 nitrogen and oxygen atoms in total. The number of carbonyl (C=O) groups excluding carboxylic acids is 2. The molecule has 0 saturated heterocycles. The Morgan fingerprint density at radius 2 is 1.37 bits per heavy atom. The van der Waals surface area contributed by atoms with E-state index in [1.807, 2.05) is 13.8 Å². The molecule has 0 unspecified atom stereocenters. The topological polar surface area (TPSA) is 88.1 Å². The second-order valence-corrected chi connectivity index (χ2v) is 9.08. The lowest BCUT2D eigenvalue weighted by molar-refractivity contribution is -0.162. The summed E-state index contributed by atoms with van der Waals surface area (Å²) in [6.45, 7) is 5.78. The molecule has 0 amide bonds. The van der Waals surface area contributed by atoms with Gasteiger partial charge < -0.3 is 18.5 Å². The van der Waals surface area contributed by atoms with Gasteiger partial charge >= 0.3 is 25.2 Å². The molecule has 0 aromatic carbocycles. The normalized spacial score (nSPS) is 13.1. The minimum atomic E-state index is -4.78. The highest BCUT2D eigenvalue weighted by molar-refractivity contribution is 7.55. The molecule has 178 valence electrons. The molecule has 0 aliphatic rings. The van der Waals surface area contributed by atoms with Crippen molar-refractivity contribution in [2.45, 2.75) is 97.2 Å². The van der Waals surface area contributed by atoms with Gasteiger partial charge in [-0.05, 0) is 26.7 Å². The van der Waals surface area contributed by atoms with E-state index in [0.29, 0.717) is 12.8 Å². The van der Waals surface area contributed by atoms with Crippen molar-refractivity contribution in [3.05, 3.63) is 0 Å². The summed E-state index contributed by atoms with van der Waals surface area (Å²) < 4.78 is 61.8. The smallest absolute Gasteiger partial charge is 0.399 e. The van der Waals surface area contributed by atoms with E-state index < -0.39 is 44.3 Å². The standard InChI is InChI=1S/C20H37F2O7P/c1-5-9-11-13-18(23)26-16-17(29-19(24)14-12-10-6-2)15-20(21,22)30(25,27-7-3)28-8-4/h17H,5-16H2,1-4H3/t17-/m0/s1. The summed E-state index contributed by atoms with van der Waals surface area (Å²) in [7, 11) is -4.78. The van der Waals surface area contributed by atoms with Gasteiger partial charge in [0.2, 0.25) is 0 Å². The number of alkyl halides is 2. The Labute approximate surface area is 178 Å². The first-order valence-corrected chi connectivity index (χ1v) is 12.3. The summed E-state index contributed by atoms with van der Waals surface area (Å²) in [5.41, 5.74) is -3.91. The van der Waals surface area contributed by atoms with Gasteiger partial charge in [0.25, 0.3) is 0 Å². The number of esters is 2. The fourth-order valence-corrected chi connectivity index (χ4v) is 4.19. The van der Waals surface area contributed by atoms with E-state index in [1.165, 1.54) is 13.8 Å². The van der Waals surface area contributed by atoms with Crippen LogP contribution >= 0.6 is 7.60 Å². The molecule has 0 fully saturated rings. The second kappa shape index (κ2) is 15.7. The summed E-state index contributed by atoms with van der Waals surface area (Å²) in [6.07, 6.45) is 2.25. The molecular formula is C20H37F2O7P. The van der Waals surface area contributed by atoms with Crippen LogP contribution in [0.15, 0.2) is 0 Å². The van der Waals surface area contributed by atoms with Crippen LogP contribution in [0.5, 0.6) is 0 Å². The van der Waals surface area contributed by atoms with Crippen LogP contribution in [0.1, 0.15) is 85.5 Å². The van der Waals surface area contributed by atoms with Gasteiger partial charge in [-0.15, -0.1) is 0 Å². The molecule has 0 aliphatic heterocycles. The predicted molar refractivity (Wildman–Crippen MR) is 110 cm³/mol. The average molecular weight is 458 g/mol. The van der Waals surface area contributed by atoms with Crippen LogP contribution in [0, 0.1) is 0 Å². The molecule has 0 N–H and O–H groups in total. The Morgan fingerprint density at radius 1 is 0.867 bits per heavy atom. The maximum atomic E-state index is 14.8. The molecular weight excluding hydrogens is 421 g/mol. The zero-order valence-corrected chi connectivity index (χ0v) is 19.5. The predicted octanol–water partition coefficient (Wildman–Crippen LogP) is 5.85. The SMILES string of the molecule is CCCCCC(=O)OC[C@H](CC(F)(F)P(=O)(OCC)OCC)OC(=O)CCCCC. The van der Waals surface area contributed by atoms with Crippen LogP contribution in [0.2, 0.25) is 0 Å². The van der Waals surface area contributed by atoms with Crippen molar-refractivity contribution < 1.29 is 41.5 Å². The molecule has 0 saturated carbocycles. The highest BCUT2D eigenvalue weighted by atomic mass is 31.2. The Bertz CT molecular complexity index is 533. The zero-order valence-electron chi connectivity index (χ0n) is 18.6. The molecule has 0 rings (SSSR count). The van der Waals surface area contributed by atoms with Crippen molar-refractivity contribution in [1.29, 1.82) is 0 Å². The molecule has 0 aromatic rings. The Morgan fingerprint density at radius 3 is 1.83 bits per heavy atom. The van der Waals surface area contributed by atoms with Crippen molar-refractivity contribution in [3.8, 4) is 0 Å². The van der Waals surface area contributed by atoms with E-state index in [1.54, 1.807) is 0 Å². The van der Waals surface area contributed by atoms with Gasteiger partial charge in [-0.1, -0.05) is 39.5 Å². The molecule has 0 aromatic heterocycles. The van der Waals surface area contributed by atoms with Gasteiger partial charge in [0.15, 0.2) is 0 Å². The van der Waals surface area contributed by atoms with Crippen molar-refractivity contribution in [2.75, 3.05) is 19.8 Å². The van der Waals surface area contributed by atoms with Gasteiger partial charge in [0, 0.05) is 12.8 Å². The van der Waals surface area contributed by atoms with Crippen LogP contribution in [0.25, 0.3) is 0 Å². The lowest BCUT2D eigenvalue weighted by Crippen LogP contribution is -2.33. The minimum Gasteiger partial charge on any atom is -0.462 e. The Hall–Kier alpha value is -1.05. The van der Waals surface area contributed by atoms with Gasteiger partial charge in [-0.3, -0.25) is 14.2 Å². The van der Waals surface area contributed by atoms with Gasteiger partial charge in [0.05, 0.1) is 19.6 Å². The number of rotatable bonds is 18. The third-order valence-corrected chi connectivity index (χ3v) is 6.35. The van der Waals surface area contributed by atoms with Crippen molar-refractivity contribution in [1.82, 2.24) is 0 Å². The van der Waals surface area contributed by atoms with Gasteiger partial charge in [-0.25, -0.2) is 0 Å². The monoisotopic (exact) mass is 458 g/mol. The quantitative estimate of drug-likeness (QED) is 0.145. The van der Waals surface area contributed by atoms with Crippen molar-refractivity contribution in [3.63, 3.8) is 0 Å². The van der Waals surface area contributed by atoms with Crippen LogP contribution in [-0.2, 0) is 32.7 Å². The fraction of sp³-hybridized carbons (Fsp3) is 0.900. The van der Waals surface area contributed by atoms with Gasteiger partial charge in [-0.2, -0.15) is 8.78 Å². The molecule has 0 spiro atoms. The number of hydrogen-bond donors (Lipinski definition) is 0. The maximum Gasteiger partial charge on any atom is 0.399 e. The van der Waals surface area contributed by atoms with E-state index in [4.69, 9.17) is 18.5 Å². The lowest BCUT2D eigenvalue weighted by Gasteiger charge is -2.28. The van der Waals surface area contributed by atoms with Crippen LogP contribution in [0.4, 0.5) is 8.78 Å². The minimum absolute atomic E-state index is 0.0644. The van der Waals surface area contributed by atoms with Gasteiger partial charge in [0.1, 0.15) is 12.7 Å². The molecule has 1 atom stereocenters. The second-order valence-electron chi connectivity index (χ2n) is 6.91. The summed E-state index contributed by atoms with van der Waals surface area (Å²) >= 11 is 0. The van der Waals surface area contributed by atoms with Crippen LogP contribution < -0.4 is 0 Å². The molecule has 0 radical (unpaired) electrons. The summed E-state index contributed by atoms with van der Waals surface area (Å²) in [4.78, 5) is 23.9. The number of ether oxygens (including phenoxy) is 2. The van der Waals surface area contributed by atoms with E-state index >= 15 is 0 Å². The first kappa shape index (κ1) is 28.9. The molecule has 10 heteroatoms.